The fraction of sp³-hybridized carbons (Fsp3) is 0.692. The van der Waals surface area contributed by atoms with Crippen LogP contribution in [0, 0.1) is 0 Å². The fourth-order valence-corrected chi connectivity index (χ4v) is 1.25. The maximum atomic E-state index is 11.1. The van der Waals surface area contributed by atoms with E-state index in [0.29, 0.717) is 13.2 Å². The number of hydrogen-bond acceptors (Lipinski definition) is 4. The second kappa shape index (κ2) is 11.2. The van der Waals surface area contributed by atoms with Gasteiger partial charge < -0.3 is 9.47 Å². The number of carbonyl (C=O) groups excluding carboxylic acids is 2. The van der Waals surface area contributed by atoms with Gasteiger partial charge in [0.25, 0.3) is 0 Å². The minimum absolute atomic E-state index is 0.301. The Labute approximate surface area is 103 Å². The number of rotatable bonds is 9. The topological polar surface area (TPSA) is 52.6 Å². The lowest BCUT2D eigenvalue weighted by Crippen LogP contribution is -2.05. The molecule has 4 heteroatoms. The van der Waals surface area contributed by atoms with Gasteiger partial charge in [-0.1, -0.05) is 32.6 Å². The third-order valence-corrected chi connectivity index (χ3v) is 2.13. The van der Waals surface area contributed by atoms with Crippen molar-refractivity contribution in [1.82, 2.24) is 0 Å². The molecule has 0 N–H and O–H groups in total. The van der Waals surface area contributed by atoms with Crippen LogP contribution in [0.2, 0.25) is 0 Å². The van der Waals surface area contributed by atoms with E-state index in [1.165, 1.54) is 19.3 Å². The van der Waals surface area contributed by atoms with E-state index in [9.17, 15) is 9.59 Å². The van der Waals surface area contributed by atoms with Crippen molar-refractivity contribution >= 4 is 11.9 Å². The lowest BCUT2D eigenvalue weighted by molar-refractivity contribution is -0.140. The summed E-state index contributed by atoms with van der Waals surface area (Å²) in [5, 5.41) is 0. The Morgan fingerprint density at radius 1 is 0.882 bits per heavy atom. The fourth-order valence-electron chi connectivity index (χ4n) is 1.25. The zero-order valence-electron chi connectivity index (χ0n) is 10.7. The van der Waals surface area contributed by atoms with Gasteiger partial charge in [-0.2, -0.15) is 0 Å². The molecule has 4 nitrogen and oxygen atoms in total. The SMILES string of the molecule is CCCCCCCOC(=O)/C=C/C(=O)OCC. The van der Waals surface area contributed by atoms with E-state index < -0.39 is 11.9 Å². The first kappa shape index (κ1) is 15.7. The first-order valence-corrected chi connectivity index (χ1v) is 6.22. The van der Waals surface area contributed by atoms with E-state index in [0.717, 1.165) is 25.0 Å². The zero-order chi connectivity index (χ0) is 12.9. The zero-order valence-corrected chi connectivity index (χ0v) is 10.7. The summed E-state index contributed by atoms with van der Waals surface area (Å²) in [6.07, 6.45) is 7.72. The third-order valence-electron chi connectivity index (χ3n) is 2.13. The van der Waals surface area contributed by atoms with Gasteiger partial charge in [-0.15, -0.1) is 0 Å². The summed E-state index contributed by atoms with van der Waals surface area (Å²) in [6, 6.07) is 0. The van der Waals surface area contributed by atoms with E-state index in [1.54, 1.807) is 6.92 Å². The quantitative estimate of drug-likeness (QED) is 0.354. The highest BCUT2D eigenvalue weighted by molar-refractivity contribution is 5.91. The molecular weight excluding hydrogens is 220 g/mol. The minimum Gasteiger partial charge on any atom is -0.463 e. The molecule has 0 spiro atoms. The van der Waals surface area contributed by atoms with Gasteiger partial charge in [0.2, 0.25) is 0 Å². The molecule has 0 atom stereocenters. The summed E-state index contributed by atoms with van der Waals surface area (Å²) in [7, 11) is 0. The maximum absolute atomic E-state index is 11.1. The molecule has 98 valence electrons. The molecule has 0 unspecified atom stereocenters. The molecule has 0 aliphatic rings. The first-order valence-electron chi connectivity index (χ1n) is 6.22. The van der Waals surface area contributed by atoms with Gasteiger partial charge >= 0.3 is 11.9 Å². The Kier molecular flexibility index (Phi) is 10.3. The van der Waals surface area contributed by atoms with Crippen molar-refractivity contribution in [3.63, 3.8) is 0 Å². The molecule has 0 aromatic heterocycles. The van der Waals surface area contributed by atoms with E-state index in [-0.39, 0.29) is 0 Å². The van der Waals surface area contributed by atoms with Crippen LogP contribution in [0.4, 0.5) is 0 Å². The van der Waals surface area contributed by atoms with Crippen molar-refractivity contribution < 1.29 is 19.1 Å². The molecule has 0 radical (unpaired) electrons. The highest BCUT2D eigenvalue weighted by Gasteiger charge is 1.99. The maximum Gasteiger partial charge on any atom is 0.331 e. The van der Waals surface area contributed by atoms with Gasteiger partial charge in [0.15, 0.2) is 0 Å². The standard InChI is InChI=1S/C13H22O4/c1-3-5-6-7-8-11-17-13(15)10-9-12(14)16-4-2/h9-10H,3-8,11H2,1-2H3/b10-9+. The van der Waals surface area contributed by atoms with Crippen LogP contribution >= 0.6 is 0 Å². The van der Waals surface area contributed by atoms with E-state index >= 15 is 0 Å². The number of ether oxygens (including phenoxy) is 2. The summed E-state index contributed by atoms with van der Waals surface area (Å²) in [5.74, 6) is -1.01. The average Bonchev–Trinajstić information content (AvgIpc) is 2.31. The molecular formula is C13H22O4. The molecule has 0 aliphatic heterocycles. The van der Waals surface area contributed by atoms with Gasteiger partial charge in [-0.3, -0.25) is 0 Å². The summed E-state index contributed by atoms with van der Waals surface area (Å²) in [4.78, 5) is 22.0. The van der Waals surface area contributed by atoms with Crippen molar-refractivity contribution in [2.45, 2.75) is 46.0 Å². The Morgan fingerprint density at radius 3 is 2.06 bits per heavy atom. The van der Waals surface area contributed by atoms with Crippen LogP contribution in [0.15, 0.2) is 12.2 Å². The predicted molar refractivity (Wildman–Crippen MR) is 65.5 cm³/mol. The molecule has 17 heavy (non-hydrogen) atoms. The smallest absolute Gasteiger partial charge is 0.331 e. The van der Waals surface area contributed by atoms with Gasteiger partial charge in [0.1, 0.15) is 0 Å². The van der Waals surface area contributed by atoms with Crippen LogP contribution < -0.4 is 0 Å². The van der Waals surface area contributed by atoms with Crippen molar-refractivity contribution in [2.75, 3.05) is 13.2 Å². The Bertz CT molecular complexity index is 246. The monoisotopic (exact) mass is 242 g/mol. The second-order valence-corrected chi connectivity index (χ2v) is 3.67. The van der Waals surface area contributed by atoms with Crippen LogP contribution in [-0.4, -0.2) is 25.2 Å². The summed E-state index contributed by atoms with van der Waals surface area (Å²) in [5.41, 5.74) is 0. The van der Waals surface area contributed by atoms with Crippen molar-refractivity contribution in [3.8, 4) is 0 Å². The van der Waals surface area contributed by atoms with Gasteiger partial charge in [0.05, 0.1) is 13.2 Å². The molecule has 0 aromatic rings. The summed E-state index contributed by atoms with van der Waals surface area (Å²) < 4.78 is 9.55. The van der Waals surface area contributed by atoms with Crippen molar-refractivity contribution in [3.05, 3.63) is 12.2 Å². The average molecular weight is 242 g/mol. The predicted octanol–water partition coefficient (Wildman–Crippen LogP) is 2.62. The molecule has 0 aliphatic carbocycles. The van der Waals surface area contributed by atoms with Crippen LogP contribution in [0.5, 0.6) is 0 Å². The molecule has 0 saturated carbocycles. The summed E-state index contributed by atoms with van der Waals surface area (Å²) in [6.45, 7) is 4.58. The van der Waals surface area contributed by atoms with Gasteiger partial charge in [0, 0.05) is 12.2 Å². The molecule has 0 aromatic carbocycles. The highest BCUT2D eigenvalue weighted by Crippen LogP contribution is 2.02. The molecule has 0 amide bonds. The third kappa shape index (κ3) is 11.0. The van der Waals surface area contributed by atoms with Crippen molar-refractivity contribution in [2.24, 2.45) is 0 Å². The first-order chi connectivity index (χ1) is 8.20. The number of esters is 2. The van der Waals surface area contributed by atoms with E-state index in [4.69, 9.17) is 4.74 Å². The Balaban J connectivity index is 3.49. The second-order valence-electron chi connectivity index (χ2n) is 3.67. The number of hydrogen-bond donors (Lipinski definition) is 0. The Hall–Kier alpha value is -1.32. The molecule has 0 rings (SSSR count). The van der Waals surface area contributed by atoms with Crippen molar-refractivity contribution in [1.29, 1.82) is 0 Å². The molecule has 0 heterocycles. The van der Waals surface area contributed by atoms with Gasteiger partial charge in [-0.05, 0) is 13.3 Å². The lowest BCUT2D eigenvalue weighted by atomic mass is 10.2. The van der Waals surface area contributed by atoms with Crippen LogP contribution in [0.25, 0.3) is 0 Å². The summed E-state index contributed by atoms with van der Waals surface area (Å²) >= 11 is 0. The number of carbonyl (C=O) groups is 2. The molecule has 0 fully saturated rings. The highest BCUT2D eigenvalue weighted by atomic mass is 16.5. The van der Waals surface area contributed by atoms with Crippen LogP contribution in [0.1, 0.15) is 46.0 Å². The molecule has 0 bridgehead atoms. The minimum atomic E-state index is -0.521. The van der Waals surface area contributed by atoms with E-state index in [2.05, 4.69) is 11.7 Å². The van der Waals surface area contributed by atoms with E-state index in [1.807, 2.05) is 0 Å². The normalized spacial score (nSPS) is 10.5. The van der Waals surface area contributed by atoms with Crippen LogP contribution in [0.3, 0.4) is 0 Å². The molecule has 0 saturated heterocycles. The van der Waals surface area contributed by atoms with Crippen LogP contribution in [-0.2, 0) is 19.1 Å². The van der Waals surface area contributed by atoms with Gasteiger partial charge in [-0.25, -0.2) is 9.59 Å². The lowest BCUT2D eigenvalue weighted by Gasteiger charge is -2.01. The Morgan fingerprint density at radius 2 is 1.47 bits per heavy atom. The largest absolute Gasteiger partial charge is 0.463 e. The number of unbranched alkanes of at least 4 members (excludes halogenated alkanes) is 4.